The molecule has 8 heteroatoms. The number of hydrogen-bond donors (Lipinski definition) is 2. The number of carbonyl (C=O) groups excluding carboxylic acids is 3. The molecule has 0 aliphatic heterocycles. The number of nitrogens with zero attached hydrogens (tertiary/aromatic N) is 1. The van der Waals surface area contributed by atoms with Crippen molar-refractivity contribution in [2.45, 2.75) is 6.42 Å². The highest BCUT2D eigenvalue weighted by atomic mass is 127. The van der Waals surface area contributed by atoms with Crippen LogP contribution >= 0.6 is 22.6 Å². The van der Waals surface area contributed by atoms with Crippen molar-refractivity contribution >= 4 is 51.7 Å². The molecule has 0 saturated carbocycles. The Labute approximate surface area is 163 Å². The minimum atomic E-state index is -0.655. The van der Waals surface area contributed by atoms with E-state index in [4.69, 9.17) is 10.00 Å². The van der Waals surface area contributed by atoms with E-state index in [0.717, 1.165) is 3.57 Å². The Kier molecular flexibility index (Phi) is 7.11. The summed E-state index contributed by atoms with van der Waals surface area (Å²) in [6, 6.07) is 14.9. The number of nitriles is 1. The Morgan fingerprint density at radius 3 is 2.35 bits per heavy atom. The second kappa shape index (κ2) is 9.53. The van der Waals surface area contributed by atoms with Crippen molar-refractivity contribution in [3.05, 3.63) is 57.7 Å². The lowest BCUT2D eigenvalue weighted by atomic mass is 10.2. The van der Waals surface area contributed by atoms with Crippen LogP contribution in [-0.4, -0.2) is 24.4 Å². The first kappa shape index (κ1) is 19.4. The van der Waals surface area contributed by atoms with E-state index in [1.54, 1.807) is 24.3 Å². The molecule has 0 aromatic heterocycles. The van der Waals surface area contributed by atoms with E-state index in [9.17, 15) is 14.4 Å². The molecule has 7 nitrogen and oxygen atoms in total. The van der Waals surface area contributed by atoms with Crippen LogP contribution in [0.25, 0.3) is 0 Å². The molecule has 0 aliphatic rings. The van der Waals surface area contributed by atoms with E-state index in [0.29, 0.717) is 11.4 Å². The molecular formula is C18H14IN3O4. The van der Waals surface area contributed by atoms with E-state index in [2.05, 4.69) is 33.2 Å². The smallest absolute Gasteiger partial charge is 0.338 e. The maximum Gasteiger partial charge on any atom is 0.338 e. The van der Waals surface area contributed by atoms with E-state index >= 15 is 0 Å². The van der Waals surface area contributed by atoms with Crippen molar-refractivity contribution in [2.24, 2.45) is 0 Å². The Bertz CT molecular complexity index is 859. The maximum atomic E-state index is 12.0. The summed E-state index contributed by atoms with van der Waals surface area (Å²) in [5.41, 5.74) is 1.32. The van der Waals surface area contributed by atoms with E-state index in [1.807, 2.05) is 6.07 Å². The van der Waals surface area contributed by atoms with Crippen LogP contribution in [0.1, 0.15) is 16.8 Å². The van der Waals surface area contributed by atoms with Gasteiger partial charge in [-0.15, -0.1) is 0 Å². The molecule has 0 radical (unpaired) electrons. The van der Waals surface area contributed by atoms with Gasteiger partial charge in [-0.3, -0.25) is 9.59 Å². The van der Waals surface area contributed by atoms with Crippen molar-refractivity contribution < 1.29 is 19.1 Å². The van der Waals surface area contributed by atoms with Crippen LogP contribution < -0.4 is 10.6 Å². The average molecular weight is 463 g/mol. The Morgan fingerprint density at radius 2 is 1.69 bits per heavy atom. The lowest BCUT2D eigenvalue weighted by Gasteiger charge is -2.08. The summed E-state index contributed by atoms with van der Waals surface area (Å²) in [6.07, 6.45) is -0.251. The van der Waals surface area contributed by atoms with Crippen LogP contribution in [-0.2, 0) is 14.3 Å². The molecule has 0 aliphatic carbocycles. The van der Waals surface area contributed by atoms with Gasteiger partial charge in [-0.1, -0.05) is 6.07 Å². The number of anilines is 2. The fourth-order valence-corrected chi connectivity index (χ4v) is 2.49. The molecule has 132 valence electrons. The molecule has 0 atom stereocenters. The molecule has 0 spiro atoms. The molecule has 2 aromatic carbocycles. The molecule has 0 fully saturated rings. The monoisotopic (exact) mass is 463 g/mol. The van der Waals surface area contributed by atoms with Gasteiger partial charge >= 0.3 is 5.97 Å². The Balaban J connectivity index is 1.84. The third-order valence-electron chi connectivity index (χ3n) is 3.09. The number of amides is 2. The zero-order chi connectivity index (χ0) is 18.9. The van der Waals surface area contributed by atoms with Crippen molar-refractivity contribution in [2.75, 3.05) is 17.2 Å². The van der Waals surface area contributed by atoms with Crippen molar-refractivity contribution in [1.29, 1.82) is 5.26 Å². The van der Waals surface area contributed by atoms with Crippen LogP contribution in [0.2, 0.25) is 0 Å². The molecule has 0 heterocycles. The fraction of sp³-hybridized carbons (Fsp3) is 0.111. The van der Waals surface area contributed by atoms with Gasteiger partial charge in [0.25, 0.3) is 5.91 Å². The molecule has 26 heavy (non-hydrogen) atoms. The summed E-state index contributed by atoms with van der Waals surface area (Å²) in [5.74, 6) is -1.53. The van der Waals surface area contributed by atoms with Gasteiger partial charge < -0.3 is 15.4 Å². The summed E-state index contributed by atoms with van der Waals surface area (Å²) in [4.78, 5) is 35.1. The topological polar surface area (TPSA) is 108 Å². The molecule has 0 bridgehead atoms. The maximum absolute atomic E-state index is 12.0. The summed E-state index contributed by atoms with van der Waals surface area (Å²) in [7, 11) is 0. The van der Waals surface area contributed by atoms with Crippen molar-refractivity contribution in [3.8, 4) is 6.07 Å². The Hall–Kier alpha value is -2.93. The van der Waals surface area contributed by atoms with Gasteiger partial charge in [0, 0.05) is 14.9 Å². The van der Waals surface area contributed by atoms with Crippen LogP contribution in [0, 0.1) is 14.9 Å². The highest BCUT2D eigenvalue weighted by Gasteiger charge is 2.11. The predicted molar refractivity (Wildman–Crippen MR) is 103 cm³/mol. The predicted octanol–water partition coefficient (Wildman–Crippen LogP) is 2.94. The van der Waals surface area contributed by atoms with Crippen LogP contribution in [0.5, 0.6) is 0 Å². The van der Waals surface area contributed by atoms with Gasteiger partial charge in [-0.25, -0.2) is 4.79 Å². The number of esters is 1. The fourth-order valence-electron chi connectivity index (χ4n) is 1.94. The zero-order valence-electron chi connectivity index (χ0n) is 13.5. The van der Waals surface area contributed by atoms with Crippen LogP contribution in [0.4, 0.5) is 11.4 Å². The van der Waals surface area contributed by atoms with Crippen LogP contribution in [0.3, 0.4) is 0 Å². The third kappa shape index (κ3) is 6.18. The first-order valence-electron chi connectivity index (χ1n) is 7.47. The van der Waals surface area contributed by atoms with Gasteiger partial charge in [0.2, 0.25) is 5.91 Å². The minimum Gasteiger partial charge on any atom is -0.452 e. The van der Waals surface area contributed by atoms with Gasteiger partial charge in [-0.2, -0.15) is 5.26 Å². The molecule has 2 aromatic rings. The SMILES string of the molecule is N#CCC(=O)Nc1ccc(C(=O)OCC(=O)Nc2cccc(I)c2)cc1. The van der Waals surface area contributed by atoms with Crippen LogP contribution in [0.15, 0.2) is 48.5 Å². The second-order valence-corrected chi connectivity index (χ2v) is 6.34. The standard InChI is InChI=1S/C18H14IN3O4/c19-13-2-1-3-15(10-13)22-17(24)11-26-18(25)12-4-6-14(7-5-12)21-16(23)8-9-20/h1-7,10H,8,11H2,(H,21,23)(H,22,24). The largest absolute Gasteiger partial charge is 0.452 e. The number of nitrogens with one attached hydrogen (secondary N) is 2. The highest BCUT2D eigenvalue weighted by Crippen LogP contribution is 2.13. The zero-order valence-corrected chi connectivity index (χ0v) is 15.6. The summed E-state index contributed by atoms with van der Waals surface area (Å²) < 4.78 is 5.94. The molecule has 2 rings (SSSR count). The highest BCUT2D eigenvalue weighted by molar-refractivity contribution is 14.1. The Morgan fingerprint density at radius 1 is 1.00 bits per heavy atom. The summed E-state index contributed by atoms with van der Waals surface area (Å²) >= 11 is 2.13. The quantitative estimate of drug-likeness (QED) is 0.506. The summed E-state index contributed by atoms with van der Waals surface area (Å²) in [6.45, 7) is -0.412. The lowest BCUT2D eigenvalue weighted by molar-refractivity contribution is -0.119. The van der Waals surface area contributed by atoms with Crippen molar-refractivity contribution in [1.82, 2.24) is 0 Å². The molecule has 2 N–H and O–H groups in total. The average Bonchev–Trinajstić information content (AvgIpc) is 2.60. The summed E-state index contributed by atoms with van der Waals surface area (Å²) in [5, 5.41) is 13.6. The number of benzene rings is 2. The number of ether oxygens (including phenoxy) is 1. The molecule has 0 unspecified atom stereocenters. The number of hydrogen-bond acceptors (Lipinski definition) is 5. The lowest BCUT2D eigenvalue weighted by Crippen LogP contribution is -2.21. The first-order chi connectivity index (χ1) is 12.5. The molecular weight excluding hydrogens is 449 g/mol. The minimum absolute atomic E-state index is 0.241. The number of rotatable bonds is 6. The van der Waals surface area contributed by atoms with Gasteiger partial charge in [0.05, 0.1) is 11.6 Å². The molecule has 2 amide bonds. The first-order valence-corrected chi connectivity index (χ1v) is 8.55. The van der Waals surface area contributed by atoms with E-state index < -0.39 is 24.4 Å². The normalized spacial score (nSPS) is 9.69. The van der Waals surface area contributed by atoms with Crippen molar-refractivity contribution in [3.63, 3.8) is 0 Å². The second-order valence-electron chi connectivity index (χ2n) is 5.10. The van der Waals surface area contributed by atoms with E-state index in [1.165, 1.54) is 24.3 Å². The number of carbonyl (C=O) groups is 3. The third-order valence-corrected chi connectivity index (χ3v) is 3.76. The van der Waals surface area contributed by atoms with Gasteiger partial charge in [-0.05, 0) is 65.1 Å². The number of halogens is 1. The van der Waals surface area contributed by atoms with Gasteiger partial charge in [0.1, 0.15) is 6.42 Å². The van der Waals surface area contributed by atoms with E-state index in [-0.39, 0.29) is 12.0 Å². The molecule has 0 saturated heterocycles. The van der Waals surface area contributed by atoms with Gasteiger partial charge in [0.15, 0.2) is 6.61 Å².